The van der Waals surface area contributed by atoms with Gasteiger partial charge >= 0.3 is 0 Å². The van der Waals surface area contributed by atoms with E-state index in [4.69, 9.17) is 5.11 Å². The van der Waals surface area contributed by atoms with Crippen LogP contribution in [0.5, 0.6) is 0 Å². The summed E-state index contributed by atoms with van der Waals surface area (Å²) in [7, 11) is 1.97. The fourth-order valence-electron chi connectivity index (χ4n) is 3.09. The summed E-state index contributed by atoms with van der Waals surface area (Å²) >= 11 is 0. The van der Waals surface area contributed by atoms with Gasteiger partial charge in [-0.15, -0.1) is 0 Å². The molecule has 0 heterocycles. The van der Waals surface area contributed by atoms with Gasteiger partial charge in [0.15, 0.2) is 0 Å². The number of amides is 1. The highest BCUT2D eigenvalue weighted by Crippen LogP contribution is 2.29. The number of unbranched alkanes of at least 4 members (excludes halogenated alkanes) is 3. The standard InChI is InChI=1S/C16H31NO2/c1-3-4-5-6-7-16(19)17(2)15-10-8-14(9-11-15)12-13-18/h14-15,18H,3-13H2,1-2H3. The molecule has 1 aliphatic rings. The summed E-state index contributed by atoms with van der Waals surface area (Å²) in [4.78, 5) is 14.1. The number of nitrogens with zero attached hydrogens (tertiary/aromatic N) is 1. The third kappa shape index (κ3) is 5.94. The predicted molar refractivity (Wildman–Crippen MR) is 79.0 cm³/mol. The molecule has 112 valence electrons. The molecule has 1 aliphatic carbocycles. The normalized spacial score (nSPS) is 23.3. The van der Waals surface area contributed by atoms with Crippen molar-refractivity contribution in [1.82, 2.24) is 4.90 Å². The maximum atomic E-state index is 12.1. The van der Waals surface area contributed by atoms with Crippen LogP contribution in [-0.2, 0) is 4.79 Å². The van der Waals surface area contributed by atoms with Crippen molar-refractivity contribution in [3.8, 4) is 0 Å². The molecule has 0 unspecified atom stereocenters. The van der Waals surface area contributed by atoms with Gasteiger partial charge in [0, 0.05) is 26.1 Å². The summed E-state index contributed by atoms with van der Waals surface area (Å²) in [6.07, 6.45) is 10.9. The molecular weight excluding hydrogens is 238 g/mol. The van der Waals surface area contributed by atoms with Crippen LogP contribution in [0.2, 0.25) is 0 Å². The minimum Gasteiger partial charge on any atom is -0.396 e. The number of rotatable bonds is 8. The smallest absolute Gasteiger partial charge is 0.222 e. The molecule has 1 saturated carbocycles. The van der Waals surface area contributed by atoms with E-state index in [1.165, 1.54) is 32.1 Å². The molecule has 3 nitrogen and oxygen atoms in total. The topological polar surface area (TPSA) is 40.5 Å². The van der Waals surface area contributed by atoms with E-state index in [2.05, 4.69) is 6.92 Å². The Bertz CT molecular complexity index is 247. The molecule has 0 bridgehead atoms. The number of hydrogen-bond acceptors (Lipinski definition) is 2. The maximum absolute atomic E-state index is 12.1. The van der Waals surface area contributed by atoms with Crippen molar-refractivity contribution in [2.24, 2.45) is 5.92 Å². The summed E-state index contributed by atoms with van der Waals surface area (Å²) in [5, 5.41) is 8.96. The predicted octanol–water partition coefficient (Wildman–Crippen LogP) is 3.36. The molecule has 19 heavy (non-hydrogen) atoms. The zero-order chi connectivity index (χ0) is 14.1. The molecule has 0 aromatic carbocycles. The second-order valence-electron chi connectivity index (χ2n) is 6.00. The quantitative estimate of drug-likeness (QED) is 0.686. The van der Waals surface area contributed by atoms with Crippen LogP contribution >= 0.6 is 0 Å². The highest BCUT2D eigenvalue weighted by molar-refractivity contribution is 5.76. The molecule has 0 aromatic heterocycles. The zero-order valence-corrected chi connectivity index (χ0v) is 12.7. The van der Waals surface area contributed by atoms with Crippen molar-refractivity contribution >= 4 is 5.91 Å². The highest BCUT2D eigenvalue weighted by Gasteiger charge is 2.25. The Morgan fingerprint density at radius 1 is 1.16 bits per heavy atom. The van der Waals surface area contributed by atoms with Crippen molar-refractivity contribution < 1.29 is 9.90 Å². The van der Waals surface area contributed by atoms with Gasteiger partial charge in [-0.2, -0.15) is 0 Å². The lowest BCUT2D eigenvalue weighted by atomic mass is 9.83. The minimum absolute atomic E-state index is 0.307. The van der Waals surface area contributed by atoms with Crippen LogP contribution in [0.15, 0.2) is 0 Å². The van der Waals surface area contributed by atoms with E-state index < -0.39 is 0 Å². The molecule has 0 saturated heterocycles. The van der Waals surface area contributed by atoms with E-state index >= 15 is 0 Å². The number of carbonyl (C=O) groups excluding carboxylic acids is 1. The Hall–Kier alpha value is -0.570. The van der Waals surface area contributed by atoms with Gasteiger partial charge in [-0.05, 0) is 44.4 Å². The average Bonchev–Trinajstić information content (AvgIpc) is 2.44. The fraction of sp³-hybridized carbons (Fsp3) is 0.938. The summed E-state index contributed by atoms with van der Waals surface area (Å²) in [6, 6.07) is 0.439. The number of aliphatic hydroxyl groups excluding tert-OH is 1. The van der Waals surface area contributed by atoms with Gasteiger partial charge in [-0.1, -0.05) is 26.2 Å². The Morgan fingerprint density at radius 2 is 1.84 bits per heavy atom. The first-order valence-electron chi connectivity index (χ1n) is 8.05. The Morgan fingerprint density at radius 3 is 2.42 bits per heavy atom. The van der Waals surface area contributed by atoms with Crippen LogP contribution in [0.3, 0.4) is 0 Å². The lowest BCUT2D eigenvalue weighted by Gasteiger charge is -2.34. The second kappa shape index (κ2) is 9.35. The molecule has 1 fully saturated rings. The lowest BCUT2D eigenvalue weighted by Crippen LogP contribution is -2.39. The molecule has 0 spiro atoms. The van der Waals surface area contributed by atoms with E-state index in [1.54, 1.807) is 0 Å². The summed E-state index contributed by atoms with van der Waals surface area (Å²) in [5.41, 5.74) is 0. The second-order valence-corrected chi connectivity index (χ2v) is 6.00. The monoisotopic (exact) mass is 269 g/mol. The molecule has 0 atom stereocenters. The molecule has 1 rings (SSSR count). The molecule has 0 aliphatic heterocycles. The van der Waals surface area contributed by atoms with Crippen LogP contribution in [0.4, 0.5) is 0 Å². The van der Waals surface area contributed by atoms with Gasteiger partial charge in [-0.3, -0.25) is 4.79 Å². The molecule has 1 amide bonds. The van der Waals surface area contributed by atoms with Gasteiger partial charge < -0.3 is 10.0 Å². The van der Waals surface area contributed by atoms with E-state index in [1.807, 2.05) is 11.9 Å². The number of hydrogen-bond donors (Lipinski definition) is 1. The number of aliphatic hydroxyl groups is 1. The SMILES string of the molecule is CCCCCCC(=O)N(C)C1CCC(CCO)CC1. The minimum atomic E-state index is 0.307. The third-order valence-corrected chi connectivity index (χ3v) is 4.54. The van der Waals surface area contributed by atoms with Crippen molar-refractivity contribution in [3.05, 3.63) is 0 Å². The summed E-state index contributed by atoms with van der Waals surface area (Å²) < 4.78 is 0. The van der Waals surface area contributed by atoms with Crippen LogP contribution in [-0.4, -0.2) is 35.6 Å². The van der Waals surface area contributed by atoms with E-state index in [9.17, 15) is 4.79 Å². The first-order chi connectivity index (χ1) is 9.19. The highest BCUT2D eigenvalue weighted by atomic mass is 16.3. The van der Waals surface area contributed by atoms with Crippen LogP contribution in [0.1, 0.15) is 71.1 Å². The Kier molecular flexibility index (Phi) is 8.11. The first-order valence-corrected chi connectivity index (χ1v) is 8.05. The lowest BCUT2D eigenvalue weighted by molar-refractivity contribution is -0.132. The maximum Gasteiger partial charge on any atom is 0.222 e. The summed E-state index contributed by atoms with van der Waals surface area (Å²) in [6.45, 7) is 2.50. The number of carbonyl (C=O) groups is 1. The molecule has 0 radical (unpaired) electrons. The Balaban J connectivity index is 2.22. The molecule has 1 N–H and O–H groups in total. The third-order valence-electron chi connectivity index (χ3n) is 4.54. The molecule has 0 aromatic rings. The van der Waals surface area contributed by atoms with Crippen LogP contribution < -0.4 is 0 Å². The van der Waals surface area contributed by atoms with Gasteiger partial charge in [-0.25, -0.2) is 0 Å². The fourth-order valence-corrected chi connectivity index (χ4v) is 3.09. The zero-order valence-electron chi connectivity index (χ0n) is 12.7. The van der Waals surface area contributed by atoms with Crippen molar-refractivity contribution in [2.75, 3.05) is 13.7 Å². The average molecular weight is 269 g/mol. The van der Waals surface area contributed by atoms with Crippen LogP contribution in [0, 0.1) is 5.92 Å². The van der Waals surface area contributed by atoms with E-state index in [-0.39, 0.29) is 0 Å². The Labute approximate surface area is 118 Å². The van der Waals surface area contributed by atoms with Crippen molar-refractivity contribution in [3.63, 3.8) is 0 Å². The van der Waals surface area contributed by atoms with Crippen molar-refractivity contribution in [1.29, 1.82) is 0 Å². The van der Waals surface area contributed by atoms with Gasteiger partial charge in [0.05, 0.1) is 0 Å². The van der Waals surface area contributed by atoms with Gasteiger partial charge in [0.2, 0.25) is 5.91 Å². The largest absolute Gasteiger partial charge is 0.396 e. The van der Waals surface area contributed by atoms with Gasteiger partial charge in [0.1, 0.15) is 0 Å². The van der Waals surface area contributed by atoms with Gasteiger partial charge in [0.25, 0.3) is 0 Å². The van der Waals surface area contributed by atoms with E-state index in [0.29, 0.717) is 30.9 Å². The molecule has 3 heteroatoms. The first kappa shape index (κ1) is 16.5. The molecular formula is C16H31NO2. The summed E-state index contributed by atoms with van der Waals surface area (Å²) in [5.74, 6) is 0.996. The van der Waals surface area contributed by atoms with E-state index in [0.717, 1.165) is 25.7 Å². The van der Waals surface area contributed by atoms with Crippen molar-refractivity contribution in [2.45, 2.75) is 77.2 Å². The van der Waals surface area contributed by atoms with Crippen LogP contribution in [0.25, 0.3) is 0 Å².